The first-order chi connectivity index (χ1) is 11.0. The van der Waals surface area contributed by atoms with E-state index >= 15 is 0 Å². The molecule has 0 saturated heterocycles. The van der Waals surface area contributed by atoms with Gasteiger partial charge in [-0.3, -0.25) is 4.79 Å². The predicted octanol–water partition coefficient (Wildman–Crippen LogP) is 3.63. The number of rotatable bonds is 6. The quantitative estimate of drug-likeness (QED) is 0.433. The van der Waals surface area contributed by atoms with Crippen LogP contribution in [0.5, 0.6) is 5.75 Å². The summed E-state index contributed by atoms with van der Waals surface area (Å²) in [6.45, 7) is -0.523. The maximum Gasteiger partial charge on any atom is 0.331 e. The zero-order valence-electron chi connectivity index (χ0n) is 12.0. The van der Waals surface area contributed by atoms with E-state index in [4.69, 9.17) is 13.9 Å². The molecular formula is C16H12BrFO5. The van der Waals surface area contributed by atoms with Crippen molar-refractivity contribution in [3.63, 3.8) is 0 Å². The highest BCUT2D eigenvalue weighted by atomic mass is 79.9. The molecule has 1 heterocycles. The number of esters is 1. The second-order valence-electron chi connectivity index (χ2n) is 4.35. The van der Waals surface area contributed by atoms with Crippen LogP contribution in [0.2, 0.25) is 0 Å². The van der Waals surface area contributed by atoms with Crippen molar-refractivity contribution in [2.24, 2.45) is 0 Å². The molecule has 0 radical (unpaired) electrons. The third-order valence-corrected chi connectivity index (χ3v) is 3.21. The molecule has 0 amide bonds. The van der Waals surface area contributed by atoms with Crippen LogP contribution < -0.4 is 4.74 Å². The lowest BCUT2D eigenvalue weighted by atomic mass is 10.1. The molecule has 0 atom stereocenters. The second-order valence-corrected chi connectivity index (χ2v) is 5.13. The van der Waals surface area contributed by atoms with Gasteiger partial charge < -0.3 is 13.9 Å². The first kappa shape index (κ1) is 17.0. The predicted molar refractivity (Wildman–Crippen MR) is 83.7 cm³/mol. The van der Waals surface area contributed by atoms with Crippen LogP contribution in [0.25, 0.3) is 6.08 Å². The van der Waals surface area contributed by atoms with Gasteiger partial charge in [-0.15, -0.1) is 0 Å². The number of halogens is 2. The molecule has 120 valence electrons. The fourth-order valence-electron chi connectivity index (χ4n) is 1.73. The van der Waals surface area contributed by atoms with Crippen LogP contribution in [-0.4, -0.2) is 25.5 Å². The van der Waals surface area contributed by atoms with Gasteiger partial charge in [-0.05, 0) is 52.3 Å². The topological polar surface area (TPSA) is 65.7 Å². The lowest BCUT2D eigenvalue weighted by Crippen LogP contribution is -2.13. The van der Waals surface area contributed by atoms with Gasteiger partial charge in [0.15, 0.2) is 11.3 Å². The Labute approximate surface area is 139 Å². The zero-order valence-corrected chi connectivity index (χ0v) is 13.6. The third-order valence-electron chi connectivity index (χ3n) is 2.79. The molecule has 0 unspecified atom stereocenters. The molecule has 2 rings (SSSR count). The Morgan fingerprint density at radius 3 is 2.74 bits per heavy atom. The minimum Gasteiger partial charge on any atom is -0.496 e. The van der Waals surface area contributed by atoms with Gasteiger partial charge >= 0.3 is 5.97 Å². The average Bonchev–Trinajstić information content (AvgIpc) is 2.96. The van der Waals surface area contributed by atoms with E-state index in [1.807, 2.05) is 0 Å². The lowest BCUT2D eigenvalue weighted by molar-refractivity contribution is -0.136. The third kappa shape index (κ3) is 4.79. The van der Waals surface area contributed by atoms with Crippen LogP contribution in [0.1, 0.15) is 16.1 Å². The summed E-state index contributed by atoms with van der Waals surface area (Å²) in [4.78, 5) is 23.5. The number of ether oxygens (including phenoxy) is 2. The Morgan fingerprint density at radius 2 is 2.09 bits per heavy atom. The van der Waals surface area contributed by atoms with Gasteiger partial charge in [-0.1, -0.05) is 0 Å². The average molecular weight is 383 g/mol. The molecule has 0 aliphatic heterocycles. The SMILES string of the molecule is COc1ccc(F)cc1C(=O)COC(=O)/C=C/c1ccc(Br)o1. The summed E-state index contributed by atoms with van der Waals surface area (Å²) in [5.74, 6) is -1.20. The van der Waals surface area contributed by atoms with Gasteiger partial charge in [0, 0.05) is 6.08 Å². The summed E-state index contributed by atoms with van der Waals surface area (Å²) < 4.78 is 28.7. The van der Waals surface area contributed by atoms with Gasteiger partial charge in [-0.25, -0.2) is 9.18 Å². The first-order valence-electron chi connectivity index (χ1n) is 6.46. The molecule has 1 aromatic carbocycles. The van der Waals surface area contributed by atoms with Crippen molar-refractivity contribution >= 4 is 33.8 Å². The van der Waals surface area contributed by atoms with Crippen LogP contribution in [0.15, 0.2) is 45.5 Å². The molecule has 0 fully saturated rings. The largest absolute Gasteiger partial charge is 0.496 e. The fourth-order valence-corrected chi connectivity index (χ4v) is 2.05. The van der Waals surface area contributed by atoms with E-state index in [0.29, 0.717) is 10.4 Å². The van der Waals surface area contributed by atoms with Crippen LogP contribution >= 0.6 is 15.9 Å². The summed E-state index contributed by atoms with van der Waals surface area (Å²) in [6.07, 6.45) is 2.53. The number of carbonyl (C=O) groups is 2. The number of methoxy groups -OCH3 is 1. The van der Waals surface area contributed by atoms with Crippen LogP contribution in [0, 0.1) is 5.82 Å². The maximum atomic E-state index is 13.2. The Morgan fingerprint density at radius 1 is 1.30 bits per heavy atom. The summed E-state index contributed by atoms with van der Waals surface area (Å²) >= 11 is 3.13. The van der Waals surface area contributed by atoms with Crippen molar-refractivity contribution in [3.8, 4) is 5.75 Å². The van der Waals surface area contributed by atoms with E-state index in [1.165, 1.54) is 25.3 Å². The summed E-state index contributed by atoms with van der Waals surface area (Å²) in [7, 11) is 1.36. The lowest BCUT2D eigenvalue weighted by Gasteiger charge is -2.07. The van der Waals surface area contributed by atoms with Gasteiger partial charge in [0.1, 0.15) is 17.3 Å². The number of carbonyl (C=O) groups excluding carboxylic acids is 2. The minimum atomic E-state index is -0.721. The highest BCUT2D eigenvalue weighted by Crippen LogP contribution is 2.20. The molecule has 0 bridgehead atoms. The molecule has 0 aliphatic rings. The minimum absolute atomic E-state index is 0.0132. The van der Waals surface area contributed by atoms with Crippen molar-refractivity contribution in [2.45, 2.75) is 0 Å². The van der Waals surface area contributed by atoms with Crippen molar-refractivity contribution < 1.29 is 27.9 Å². The number of benzene rings is 1. The van der Waals surface area contributed by atoms with Crippen LogP contribution in [-0.2, 0) is 9.53 Å². The zero-order chi connectivity index (χ0) is 16.8. The van der Waals surface area contributed by atoms with Crippen molar-refractivity contribution in [1.82, 2.24) is 0 Å². The molecule has 0 saturated carbocycles. The molecule has 0 spiro atoms. The van der Waals surface area contributed by atoms with E-state index in [0.717, 1.165) is 12.1 Å². The standard InChI is InChI=1S/C16H12BrFO5/c1-21-14-5-2-10(18)8-12(14)13(19)9-22-16(20)7-4-11-3-6-15(17)23-11/h2-8H,9H2,1H3/b7-4+. The molecule has 7 heteroatoms. The van der Waals surface area contributed by atoms with Crippen LogP contribution in [0.4, 0.5) is 4.39 Å². The smallest absolute Gasteiger partial charge is 0.331 e. The number of ketones is 1. The van der Waals surface area contributed by atoms with Crippen molar-refractivity contribution in [2.75, 3.05) is 13.7 Å². The molecular weight excluding hydrogens is 371 g/mol. The number of Topliss-reactive ketones (excluding diaryl/α,β-unsaturated/α-hetero) is 1. The summed E-state index contributed by atoms with van der Waals surface area (Å²) in [5.41, 5.74) is 0.0132. The summed E-state index contributed by atoms with van der Waals surface area (Å²) in [6, 6.07) is 6.86. The molecule has 1 aromatic heterocycles. The Balaban J connectivity index is 1.95. The van der Waals surface area contributed by atoms with Crippen molar-refractivity contribution in [3.05, 3.63) is 58.2 Å². The molecule has 23 heavy (non-hydrogen) atoms. The van der Waals surface area contributed by atoms with E-state index in [9.17, 15) is 14.0 Å². The van der Waals surface area contributed by atoms with Crippen molar-refractivity contribution in [1.29, 1.82) is 0 Å². The fraction of sp³-hybridized carbons (Fsp3) is 0.125. The molecule has 0 aliphatic carbocycles. The Bertz CT molecular complexity index is 751. The summed E-state index contributed by atoms with van der Waals surface area (Å²) in [5, 5.41) is 0. The van der Waals surface area contributed by atoms with E-state index in [1.54, 1.807) is 12.1 Å². The Kier molecular flexibility index (Phi) is 5.70. The maximum absolute atomic E-state index is 13.2. The molecule has 0 N–H and O–H groups in total. The normalized spacial score (nSPS) is 10.7. The van der Waals surface area contributed by atoms with Gasteiger partial charge in [-0.2, -0.15) is 0 Å². The number of furan rings is 1. The number of hydrogen-bond acceptors (Lipinski definition) is 5. The van der Waals surface area contributed by atoms with E-state index in [-0.39, 0.29) is 11.3 Å². The van der Waals surface area contributed by atoms with Crippen LogP contribution in [0.3, 0.4) is 0 Å². The van der Waals surface area contributed by atoms with E-state index < -0.39 is 24.2 Å². The highest BCUT2D eigenvalue weighted by Gasteiger charge is 2.15. The van der Waals surface area contributed by atoms with Gasteiger partial charge in [0.25, 0.3) is 0 Å². The van der Waals surface area contributed by atoms with Gasteiger partial charge in [0.2, 0.25) is 5.78 Å². The van der Waals surface area contributed by atoms with E-state index in [2.05, 4.69) is 15.9 Å². The van der Waals surface area contributed by atoms with Gasteiger partial charge in [0.05, 0.1) is 12.7 Å². The number of hydrogen-bond donors (Lipinski definition) is 0. The highest BCUT2D eigenvalue weighted by molar-refractivity contribution is 9.10. The molecule has 5 nitrogen and oxygen atoms in total. The second kappa shape index (κ2) is 7.73. The monoisotopic (exact) mass is 382 g/mol. The first-order valence-corrected chi connectivity index (χ1v) is 7.26. The molecule has 2 aromatic rings. The Hall–Kier alpha value is -2.41.